The van der Waals surface area contributed by atoms with Crippen LogP contribution in [0, 0.1) is 0 Å². The molecule has 6 nitrogen and oxygen atoms in total. The molecule has 7 heteroatoms. The summed E-state index contributed by atoms with van der Waals surface area (Å²) in [7, 11) is 1.11. The standard InChI is InChI=1S/C19H24N2O4S/c1-21-19-15(9-6-10-16(19)25-3)18(20-12-7-13-24-2)14-8-4-5-11-17(14)26(21,22)23/h4-6,8-11,18,20H,7,12-13H2,1-3H3. The molecule has 26 heavy (non-hydrogen) atoms. The maximum Gasteiger partial charge on any atom is 0.264 e. The van der Waals surface area contributed by atoms with Crippen LogP contribution in [0.2, 0.25) is 0 Å². The quantitative estimate of drug-likeness (QED) is 0.785. The fourth-order valence-electron chi connectivity index (χ4n) is 3.35. The Morgan fingerprint density at radius 2 is 1.81 bits per heavy atom. The number of nitrogens with zero attached hydrogens (tertiary/aromatic N) is 1. The van der Waals surface area contributed by atoms with E-state index in [-0.39, 0.29) is 6.04 Å². The van der Waals surface area contributed by atoms with Crippen molar-refractivity contribution in [1.82, 2.24) is 5.32 Å². The smallest absolute Gasteiger partial charge is 0.264 e. The zero-order valence-corrected chi connectivity index (χ0v) is 16.0. The molecule has 0 amide bonds. The van der Waals surface area contributed by atoms with Gasteiger partial charge < -0.3 is 14.8 Å². The summed E-state index contributed by atoms with van der Waals surface area (Å²) in [6, 6.07) is 12.5. The second-order valence-corrected chi connectivity index (χ2v) is 8.08. The highest BCUT2D eigenvalue weighted by atomic mass is 32.2. The summed E-state index contributed by atoms with van der Waals surface area (Å²) in [5.74, 6) is 0.532. The van der Waals surface area contributed by atoms with Gasteiger partial charge in [0.05, 0.1) is 23.7 Å². The van der Waals surface area contributed by atoms with E-state index in [9.17, 15) is 8.42 Å². The van der Waals surface area contributed by atoms with Gasteiger partial charge in [0, 0.05) is 26.3 Å². The Kier molecular flexibility index (Phi) is 5.50. The van der Waals surface area contributed by atoms with Crippen LogP contribution in [0.25, 0.3) is 0 Å². The summed E-state index contributed by atoms with van der Waals surface area (Å²) in [6.45, 7) is 1.35. The molecule has 0 aliphatic carbocycles. The number of benzene rings is 2. The molecule has 1 heterocycles. The van der Waals surface area contributed by atoms with Crippen molar-refractivity contribution in [2.45, 2.75) is 17.4 Å². The van der Waals surface area contributed by atoms with Gasteiger partial charge in [-0.2, -0.15) is 0 Å². The third-order valence-electron chi connectivity index (χ3n) is 4.62. The van der Waals surface area contributed by atoms with Crippen LogP contribution in [0.4, 0.5) is 5.69 Å². The minimum Gasteiger partial charge on any atom is -0.495 e. The monoisotopic (exact) mass is 376 g/mol. The number of nitrogens with one attached hydrogen (secondary N) is 1. The van der Waals surface area contributed by atoms with E-state index in [4.69, 9.17) is 9.47 Å². The first-order valence-corrected chi connectivity index (χ1v) is 9.93. The van der Waals surface area contributed by atoms with Crippen LogP contribution in [-0.2, 0) is 14.8 Å². The largest absolute Gasteiger partial charge is 0.495 e. The lowest BCUT2D eigenvalue weighted by molar-refractivity contribution is 0.193. The minimum atomic E-state index is -3.68. The SMILES string of the molecule is COCCCNC1c2ccccc2S(=O)(=O)N(C)c2c(OC)cccc21. The number of rotatable bonds is 6. The summed E-state index contributed by atoms with van der Waals surface area (Å²) in [4.78, 5) is 0.310. The molecule has 1 atom stereocenters. The molecular formula is C19H24N2O4S. The third-order valence-corrected chi connectivity index (χ3v) is 6.45. The van der Waals surface area contributed by atoms with Crippen molar-refractivity contribution < 1.29 is 17.9 Å². The van der Waals surface area contributed by atoms with E-state index in [0.29, 0.717) is 29.5 Å². The second-order valence-electron chi connectivity index (χ2n) is 6.14. The molecule has 0 bridgehead atoms. The third kappa shape index (κ3) is 3.18. The Morgan fingerprint density at radius 3 is 2.54 bits per heavy atom. The fourth-order valence-corrected chi connectivity index (χ4v) is 4.81. The highest BCUT2D eigenvalue weighted by Crippen LogP contribution is 2.44. The Morgan fingerprint density at radius 1 is 1.08 bits per heavy atom. The number of hydrogen-bond donors (Lipinski definition) is 1. The predicted octanol–water partition coefficient (Wildman–Crippen LogP) is 2.55. The highest BCUT2D eigenvalue weighted by molar-refractivity contribution is 7.92. The average Bonchev–Trinajstić information content (AvgIpc) is 2.73. The molecule has 1 unspecified atom stereocenters. The molecule has 0 saturated heterocycles. The van der Waals surface area contributed by atoms with Crippen LogP contribution in [-0.4, -0.2) is 42.8 Å². The lowest BCUT2D eigenvalue weighted by atomic mass is 9.96. The Labute approximate surface area is 154 Å². The molecule has 0 radical (unpaired) electrons. The number of anilines is 1. The van der Waals surface area contributed by atoms with Crippen LogP contribution in [0.3, 0.4) is 0 Å². The second kappa shape index (κ2) is 7.65. The van der Waals surface area contributed by atoms with Crippen LogP contribution in [0.1, 0.15) is 23.6 Å². The van der Waals surface area contributed by atoms with Crippen molar-refractivity contribution in [2.75, 3.05) is 38.7 Å². The molecule has 2 aromatic rings. The van der Waals surface area contributed by atoms with Crippen molar-refractivity contribution in [3.05, 3.63) is 53.6 Å². The summed E-state index contributed by atoms with van der Waals surface area (Å²) >= 11 is 0. The van der Waals surface area contributed by atoms with Crippen molar-refractivity contribution in [3.8, 4) is 5.75 Å². The van der Waals surface area contributed by atoms with Crippen LogP contribution >= 0.6 is 0 Å². The van der Waals surface area contributed by atoms with Gasteiger partial charge >= 0.3 is 0 Å². The number of para-hydroxylation sites is 1. The first-order valence-electron chi connectivity index (χ1n) is 8.49. The molecular weight excluding hydrogens is 352 g/mol. The number of sulfonamides is 1. The first kappa shape index (κ1) is 18.7. The minimum absolute atomic E-state index is 0.257. The summed E-state index contributed by atoms with van der Waals surface area (Å²) in [5.41, 5.74) is 2.18. The topological polar surface area (TPSA) is 67.9 Å². The van der Waals surface area contributed by atoms with E-state index in [1.54, 1.807) is 39.5 Å². The van der Waals surface area contributed by atoms with Gasteiger partial charge in [0.25, 0.3) is 10.0 Å². The van der Waals surface area contributed by atoms with Crippen LogP contribution < -0.4 is 14.4 Å². The van der Waals surface area contributed by atoms with E-state index >= 15 is 0 Å². The zero-order chi connectivity index (χ0) is 18.7. The van der Waals surface area contributed by atoms with Gasteiger partial charge in [-0.3, -0.25) is 4.31 Å². The van der Waals surface area contributed by atoms with Gasteiger partial charge in [0.15, 0.2) is 0 Å². The molecule has 1 N–H and O–H groups in total. The molecule has 0 aromatic heterocycles. The predicted molar refractivity (Wildman–Crippen MR) is 101 cm³/mol. The molecule has 3 rings (SSSR count). The van der Waals surface area contributed by atoms with Gasteiger partial charge in [0.2, 0.25) is 0 Å². The van der Waals surface area contributed by atoms with Crippen molar-refractivity contribution in [1.29, 1.82) is 0 Å². The zero-order valence-electron chi connectivity index (χ0n) is 15.2. The molecule has 140 valence electrons. The average molecular weight is 376 g/mol. The van der Waals surface area contributed by atoms with E-state index < -0.39 is 10.0 Å². The number of methoxy groups -OCH3 is 2. The maximum absolute atomic E-state index is 13.2. The van der Waals surface area contributed by atoms with E-state index in [1.165, 1.54) is 4.31 Å². The normalized spacial score (nSPS) is 18.0. The summed E-state index contributed by atoms with van der Waals surface area (Å²) < 4.78 is 38.3. The molecule has 1 aliphatic heterocycles. The lowest BCUT2D eigenvalue weighted by Crippen LogP contribution is -2.27. The molecule has 0 spiro atoms. The Hall–Kier alpha value is -2.09. The Balaban J connectivity index is 2.19. The van der Waals surface area contributed by atoms with Crippen molar-refractivity contribution in [2.24, 2.45) is 0 Å². The van der Waals surface area contributed by atoms with Crippen molar-refractivity contribution in [3.63, 3.8) is 0 Å². The fraction of sp³-hybridized carbons (Fsp3) is 0.368. The molecule has 0 saturated carbocycles. The maximum atomic E-state index is 13.2. The summed E-state index contributed by atoms with van der Waals surface area (Å²) in [6.07, 6.45) is 0.830. The van der Waals surface area contributed by atoms with E-state index in [2.05, 4.69) is 5.32 Å². The van der Waals surface area contributed by atoms with Crippen LogP contribution in [0.5, 0.6) is 5.75 Å². The first-order chi connectivity index (χ1) is 12.5. The Bertz CT molecular complexity index is 883. The van der Waals surface area contributed by atoms with Gasteiger partial charge in [-0.1, -0.05) is 30.3 Å². The lowest BCUT2D eigenvalue weighted by Gasteiger charge is -2.24. The van der Waals surface area contributed by atoms with Gasteiger partial charge in [-0.15, -0.1) is 0 Å². The van der Waals surface area contributed by atoms with Gasteiger partial charge in [-0.05, 0) is 30.7 Å². The molecule has 0 fully saturated rings. The van der Waals surface area contributed by atoms with Crippen LogP contribution in [0.15, 0.2) is 47.4 Å². The number of fused-ring (bicyclic) bond motifs is 2. The van der Waals surface area contributed by atoms with E-state index in [1.807, 2.05) is 24.3 Å². The number of hydrogen-bond acceptors (Lipinski definition) is 5. The van der Waals surface area contributed by atoms with Gasteiger partial charge in [-0.25, -0.2) is 8.42 Å². The van der Waals surface area contributed by atoms with Gasteiger partial charge in [0.1, 0.15) is 5.75 Å². The van der Waals surface area contributed by atoms with E-state index in [0.717, 1.165) is 17.5 Å². The molecule has 2 aromatic carbocycles. The number of ether oxygens (including phenoxy) is 2. The molecule has 1 aliphatic rings. The highest BCUT2D eigenvalue weighted by Gasteiger charge is 2.36. The van der Waals surface area contributed by atoms with Crippen molar-refractivity contribution >= 4 is 15.7 Å². The summed E-state index contributed by atoms with van der Waals surface area (Å²) in [5, 5.41) is 3.49.